The molecule has 17 heavy (non-hydrogen) atoms. The van der Waals surface area contributed by atoms with Gasteiger partial charge in [-0.25, -0.2) is 4.98 Å². The Morgan fingerprint density at radius 1 is 1.47 bits per heavy atom. The summed E-state index contributed by atoms with van der Waals surface area (Å²) in [6.45, 7) is 2.03. The lowest BCUT2D eigenvalue weighted by molar-refractivity contribution is 0.174. The minimum absolute atomic E-state index is 0.519. The third kappa shape index (κ3) is 2.76. The van der Waals surface area contributed by atoms with Crippen LogP contribution in [0.1, 0.15) is 23.1 Å². The molecule has 0 aliphatic heterocycles. The lowest BCUT2D eigenvalue weighted by atomic mass is 10.0. The molecule has 4 heteroatoms. The molecule has 0 aliphatic rings. The normalized spacial score (nSPS) is 12.7. The van der Waals surface area contributed by atoms with Gasteiger partial charge in [-0.05, 0) is 24.1 Å². The Hall–Kier alpha value is -1.13. The van der Waals surface area contributed by atoms with Crippen molar-refractivity contribution in [3.05, 3.63) is 52.0 Å². The van der Waals surface area contributed by atoms with Crippen molar-refractivity contribution in [1.82, 2.24) is 9.55 Å². The molecule has 1 aromatic carbocycles. The topological polar surface area (TPSA) is 38.1 Å². The minimum Gasteiger partial charge on any atom is -0.388 e. The van der Waals surface area contributed by atoms with E-state index in [1.54, 1.807) is 6.20 Å². The Morgan fingerprint density at radius 3 is 2.82 bits per heavy atom. The van der Waals surface area contributed by atoms with Crippen LogP contribution in [0.2, 0.25) is 0 Å². The van der Waals surface area contributed by atoms with Crippen molar-refractivity contribution in [2.75, 3.05) is 0 Å². The zero-order chi connectivity index (χ0) is 12.4. The average molecular weight is 295 g/mol. The molecule has 2 rings (SSSR count). The van der Waals surface area contributed by atoms with Crippen molar-refractivity contribution >= 4 is 15.9 Å². The third-order valence-electron chi connectivity index (χ3n) is 2.81. The summed E-state index contributed by atoms with van der Waals surface area (Å²) >= 11 is 3.48. The summed E-state index contributed by atoms with van der Waals surface area (Å²) < 4.78 is 2.87. The Balaban J connectivity index is 2.20. The van der Waals surface area contributed by atoms with E-state index in [4.69, 9.17) is 0 Å². The quantitative estimate of drug-likeness (QED) is 0.945. The highest BCUT2D eigenvalue weighted by Gasteiger charge is 2.14. The fourth-order valence-electron chi connectivity index (χ4n) is 1.78. The molecule has 90 valence electrons. The van der Waals surface area contributed by atoms with E-state index < -0.39 is 6.10 Å². The van der Waals surface area contributed by atoms with Crippen molar-refractivity contribution < 1.29 is 5.11 Å². The van der Waals surface area contributed by atoms with E-state index in [9.17, 15) is 5.11 Å². The van der Waals surface area contributed by atoms with E-state index in [1.807, 2.05) is 42.9 Å². The molecule has 0 radical (unpaired) electrons. The van der Waals surface area contributed by atoms with Crippen LogP contribution < -0.4 is 0 Å². The first-order valence-electron chi connectivity index (χ1n) is 5.48. The van der Waals surface area contributed by atoms with Gasteiger partial charge in [0.15, 0.2) is 0 Å². The fourth-order valence-corrected chi connectivity index (χ4v) is 2.54. The maximum Gasteiger partial charge on any atom is 0.111 e. The van der Waals surface area contributed by atoms with Crippen LogP contribution in [0.3, 0.4) is 0 Å². The van der Waals surface area contributed by atoms with Crippen LogP contribution >= 0.6 is 15.9 Å². The van der Waals surface area contributed by atoms with Gasteiger partial charge in [-0.3, -0.25) is 0 Å². The highest BCUT2D eigenvalue weighted by Crippen LogP contribution is 2.26. The highest BCUT2D eigenvalue weighted by atomic mass is 79.9. The van der Waals surface area contributed by atoms with Gasteiger partial charge in [-0.1, -0.05) is 28.1 Å². The standard InChI is InChI=1S/C13H15BrN2O/c1-9-3-4-10(11(14)7-9)12(17)8-13-15-5-6-16(13)2/h3-7,12,17H,8H2,1-2H3. The van der Waals surface area contributed by atoms with Gasteiger partial charge in [0.05, 0.1) is 6.10 Å². The predicted molar refractivity (Wildman–Crippen MR) is 70.8 cm³/mol. The Labute approximate surface area is 109 Å². The first-order valence-corrected chi connectivity index (χ1v) is 6.27. The van der Waals surface area contributed by atoms with E-state index in [2.05, 4.69) is 20.9 Å². The van der Waals surface area contributed by atoms with Gasteiger partial charge in [0.1, 0.15) is 5.82 Å². The molecule has 1 atom stereocenters. The minimum atomic E-state index is -0.536. The molecule has 3 nitrogen and oxygen atoms in total. The van der Waals surface area contributed by atoms with Gasteiger partial charge in [0, 0.05) is 30.3 Å². The van der Waals surface area contributed by atoms with E-state index in [-0.39, 0.29) is 0 Å². The Kier molecular flexibility index (Phi) is 3.64. The lowest BCUT2D eigenvalue weighted by Crippen LogP contribution is -2.07. The Bertz CT molecular complexity index is 522. The van der Waals surface area contributed by atoms with Crippen molar-refractivity contribution in [1.29, 1.82) is 0 Å². The number of imidazole rings is 1. The number of hydrogen-bond acceptors (Lipinski definition) is 2. The monoisotopic (exact) mass is 294 g/mol. The maximum atomic E-state index is 10.2. The number of nitrogens with zero attached hydrogens (tertiary/aromatic N) is 2. The summed E-state index contributed by atoms with van der Waals surface area (Å²) in [6.07, 6.45) is 3.61. The molecule has 2 aromatic rings. The molecular formula is C13H15BrN2O. The SMILES string of the molecule is Cc1ccc(C(O)Cc2nccn2C)c(Br)c1. The lowest BCUT2D eigenvalue weighted by Gasteiger charge is -2.13. The maximum absolute atomic E-state index is 10.2. The van der Waals surface area contributed by atoms with Crippen LogP contribution in [-0.4, -0.2) is 14.7 Å². The van der Waals surface area contributed by atoms with Gasteiger partial charge in [-0.2, -0.15) is 0 Å². The van der Waals surface area contributed by atoms with Crippen LogP contribution in [0.25, 0.3) is 0 Å². The molecule has 0 fully saturated rings. The van der Waals surface area contributed by atoms with Gasteiger partial charge in [-0.15, -0.1) is 0 Å². The second-order valence-corrected chi connectivity index (χ2v) is 5.05. The molecule has 0 bridgehead atoms. The summed E-state index contributed by atoms with van der Waals surface area (Å²) in [6, 6.07) is 5.96. The number of aliphatic hydroxyl groups excluding tert-OH is 1. The van der Waals surface area contributed by atoms with E-state index in [0.717, 1.165) is 15.9 Å². The van der Waals surface area contributed by atoms with Crippen molar-refractivity contribution in [2.24, 2.45) is 7.05 Å². The second-order valence-electron chi connectivity index (χ2n) is 4.20. The largest absolute Gasteiger partial charge is 0.388 e. The second kappa shape index (κ2) is 5.02. The van der Waals surface area contributed by atoms with Crippen LogP contribution in [0.4, 0.5) is 0 Å². The fraction of sp³-hybridized carbons (Fsp3) is 0.308. The number of hydrogen-bond donors (Lipinski definition) is 1. The molecule has 1 heterocycles. The van der Waals surface area contributed by atoms with Gasteiger partial charge in [0.2, 0.25) is 0 Å². The van der Waals surface area contributed by atoms with Crippen LogP contribution in [0.5, 0.6) is 0 Å². The van der Waals surface area contributed by atoms with Crippen molar-refractivity contribution in [3.63, 3.8) is 0 Å². The van der Waals surface area contributed by atoms with Gasteiger partial charge in [0.25, 0.3) is 0 Å². The number of benzene rings is 1. The molecular weight excluding hydrogens is 280 g/mol. The molecule has 0 saturated heterocycles. The number of aliphatic hydroxyl groups is 1. The summed E-state index contributed by atoms with van der Waals surface area (Å²) in [5.74, 6) is 0.880. The highest BCUT2D eigenvalue weighted by molar-refractivity contribution is 9.10. The smallest absolute Gasteiger partial charge is 0.111 e. The zero-order valence-corrected chi connectivity index (χ0v) is 11.5. The van der Waals surface area contributed by atoms with Crippen molar-refractivity contribution in [3.8, 4) is 0 Å². The number of halogens is 1. The van der Waals surface area contributed by atoms with Gasteiger partial charge < -0.3 is 9.67 Å². The van der Waals surface area contributed by atoms with Crippen molar-refractivity contribution in [2.45, 2.75) is 19.4 Å². The van der Waals surface area contributed by atoms with E-state index in [1.165, 1.54) is 5.56 Å². The Morgan fingerprint density at radius 2 is 2.24 bits per heavy atom. The molecule has 0 aliphatic carbocycles. The van der Waals surface area contributed by atoms with Gasteiger partial charge >= 0.3 is 0 Å². The van der Waals surface area contributed by atoms with E-state index in [0.29, 0.717) is 6.42 Å². The molecule has 0 amide bonds. The molecule has 0 saturated carbocycles. The number of rotatable bonds is 3. The number of aryl methyl sites for hydroxylation is 2. The molecule has 0 spiro atoms. The summed E-state index contributed by atoms with van der Waals surface area (Å²) in [7, 11) is 1.93. The first-order chi connectivity index (χ1) is 8.08. The number of aromatic nitrogens is 2. The van der Waals surface area contributed by atoms with E-state index >= 15 is 0 Å². The third-order valence-corrected chi connectivity index (χ3v) is 3.50. The zero-order valence-electron chi connectivity index (χ0n) is 9.89. The molecule has 1 N–H and O–H groups in total. The van der Waals surface area contributed by atoms with Crippen LogP contribution in [0.15, 0.2) is 35.1 Å². The molecule has 1 aromatic heterocycles. The van der Waals surface area contributed by atoms with Crippen LogP contribution in [0, 0.1) is 6.92 Å². The van der Waals surface area contributed by atoms with Crippen LogP contribution in [-0.2, 0) is 13.5 Å². The predicted octanol–water partition coefficient (Wildman–Crippen LogP) is 2.77. The summed E-state index contributed by atoms with van der Waals surface area (Å²) in [4.78, 5) is 4.22. The molecule has 1 unspecified atom stereocenters. The summed E-state index contributed by atoms with van der Waals surface area (Å²) in [5.41, 5.74) is 2.07. The summed E-state index contributed by atoms with van der Waals surface area (Å²) in [5, 5.41) is 10.2. The average Bonchev–Trinajstić information content (AvgIpc) is 2.64. The first kappa shape index (κ1) is 12.3.